The smallest absolute Gasteiger partial charge is 0.193 e. The third-order valence-electron chi connectivity index (χ3n) is 5.36. The van der Waals surface area contributed by atoms with E-state index < -0.39 is 0 Å². The van der Waals surface area contributed by atoms with Crippen LogP contribution >= 0.6 is 0 Å². The first-order chi connectivity index (χ1) is 12.3. The van der Waals surface area contributed by atoms with Crippen molar-refractivity contribution in [1.82, 2.24) is 19.8 Å². The van der Waals surface area contributed by atoms with E-state index in [0.29, 0.717) is 5.92 Å². The van der Waals surface area contributed by atoms with Gasteiger partial charge in [0.2, 0.25) is 0 Å². The van der Waals surface area contributed by atoms with E-state index in [0.717, 1.165) is 44.3 Å². The molecule has 4 rings (SSSR count). The van der Waals surface area contributed by atoms with Crippen molar-refractivity contribution in [3.05, 3.63) is 53.6 Å². The first-order valence-electron chi connectivity index (χ1n) is 9.39. The normalized spacial score (nSPS) is 20.6. The first kappa shape index (κ1) is 16.2. The van der Waals surface area contributed by atoms with Crippen LogP contribution in [0.3, 0.4) is 0 Å². The Labute approximate surface area is 149 Å². The molecule has 1 atom stereocenters. The minimum atomic E-state index is 0.597. The molecule has 2 aliphatic heterocycles. The summed E-state index contributed by atoms with van der Waals surface area (Å²) in [6.45, 7) is 3.95. The van der Waals surface area contributed by atoms with Crippen LogP contribution in [0.2, 0.25) is 0 Å². The summed E-state index contributed by atoms with van der Waals surface area (Å²) >= 11 is 0. The van der Waals surface area contributed by atoms with Crippen LogP contribution in [0.1, 0.15) is 42.3 Å². The van der Waals surface area contributed by atoms with Gasteiger partial charge in [-0.3, -0.25) is 4.99 Å². The number of hydrogen-bond acceptors (Lipinski definition) is 2. The highest BCUT2D eigenvalue weighted by atomic mass is 15.3. The van der Waals surface area contributed by atoms with E-state index in [2.05, 4.69) is 56.3 Å². The number of nitrogens with zero attached hydrogens (tertiary/aromatic N) is 4. The number of fused-ring (bicyclic) bond motifs is 1. The minimum Gasteiger partial charge on any atom is -0.351 e. The Bertz CT molecular complexity index is 710. The van der Waals surface area contributed by atoms with E-state index in [1.54, 1.807) is 0 Å². The molecule has 0 radical (unpaired) electrons. The van der Waals surface area contributed by atoms with Crippen molar-refractivity contribution < 1.29 is 0 Å². The molecular formula is C20H27N5. The van der Waals surface area contributed by atoms with Crippen molar-refractivity contribution >= 4 is 5.96 Å². The topological polar surface area (TPSA) is 45.5 Å². The summed E-state index contributed by atoms with van der Waals surface area (Å²) in [5.41, 5.74) is 2.55. The average molecular weight is 337 g/mol. The molecule has 132 valence electrons. The molecule has 1 unspecified atom stereocenters. The highest BCUT2D eigenvalue weighted by molar-refractivity contribution is 5.80. The van der Waals surface area contributed by atoms with Gasteiger partial charge in [0, 0.05) is 45.2 Å². The maximum atomic E-state index is 4.77. The van der Waals surface area contributed by atoms with Gasteiger partial charge in [0.05, 0.1) is 12.2 Å². The monoisotopic (exact) mass is 337 g/mol. The second-order valence-electron chi connectivity index (χ2n) is 7.04. The molecule has 3 heterocycles. The standard InChI is InChI=1S/C20H27N5/c1-21-20(22-13-18-15-24-11-6-5-9-19(24)23-18)25-12-10-17(14-25)16-7-3-2-4-8-16/h2-4,7-8,15,17H,5-6,9-14H2,1H3,(H,21,22). The third-order valence-corrected chi connectivity index (χ3v) is 5.36. The summed E-state index contributed by atoms with van der Waals surface area (Å²) < 4.78 is 2.31. The van der Waals surface area contributed by atoms with Gasteiger partial charge in [-0.05, 0) is 24.8 Å². The van der Waals surface area contributed by atoms with Crippen LogP contribution in [0.4, 0.5) is 0 Å². The first-order valence-corrected chi connectivity index (χ1v) is 9.39. The lowest BCUT2D eigenvalue weighted by Crippen LogP contribution is -2.39. The van der Waals surface area contributed by atoms with Gasteiger partial charge in [0.15, 0.2) is 5.96 Å². The van der Waals surface area contributed by atoms with Crippen LogP contribution in [0.15, 0.2) is 41.5 Å². The maximum absolute atomic E-state index is 4.77. The van der Waals surface area contributed by atoms with Gasteiger partial charge in [0.1, 0.15) is 5.82 Å². The van der Waals surface area contributed by atoms with Gasteiger partial charge in [-0.15, -0.1) is 0 Å². The van der Waals surface area contributed by atoms with Gasteiger partial charge in [-0.1, -0.05) is 30.3 Å². The Balaban J connectivity index is 1.36. The number of aryl methyl sites for hydroxylation is 2. The highest BCUT2D eigenvalue weighted by Gasteiger charge is 2.26. The molecule has 1 saturated heterocycles. The van der Waals surface area contributed by atoms with Crippen LogP contribution in [0.5, 0.6) is 0 Å². The summed E-state index contributed by atoms with van der Waals surface area (Å²) in [6.07, 6.45) is 7.03. The van der Waals surface area contributed by atoms with Crippen molar-refractivity contribution in [2.24, 2.45) is 4.99 Å². The minimum absolute atomic E-state index is 0.597. The number of likely N-dealkylation sites (tertiary alicyclic amines) is 1. The molecule has 5 heteroatoms. The summed E-state index contributed by atoms with van der Waals surface area (Å²) in [6, 6.07) is 10.8. The third kappa shape index (κ3) is 3.55. The molecule has 2 aromatic rings. The molecular weight excluding hydrogens is 310 g/mol. The fraction of sp³-hybridized carbons (Fsp3) is 0.500. The number of imidazole rings is 1. The molecule has 0 spiro atoms. The molecule has 1 N–H and O–H groups in total. The SMILES string of the molecule is CN=C(NCc1cn2c(n1)CCCC2)N1CCC(c2ccccc2)C1. The number of benzene rings is 1. The van der Waals surface area contributed by atoms with E-state index in [9.17, 15) is 0 Å². The number of aromatic nitrogens is 2. The maximum Gasteiger partial charge on any atom is 0.193 e. The molecule has 1 aromatic carbocycles. The van der Waals surface area contributed by atoms with E-state index in [1.807, 2.05) is 7.05 Å². The molecule has 1 fully saturated rings. The fourth-order valence-electron chi connectivity index (χ4n) is 4.01. The van der Waals surface area contributed by atoms with Crippen LogP contribution in [-0.2, 0) is 19.5 Å². The van der Waals surface area contributed by atoms with Crippen molar-refractivity contribution in [1.29, 1.82) is 0 Å². The van der Waals surface area contributed by atoms with Crippen molar-refractivity contribution in [3.63, 3.8) is 0 Å². The van der Waals surface area contributed by atoms with Crippen LogP contribution in [-0.4, -0.2) is 40.5 Å². The number of hydrogen-bond donors (Lipinski definition) is 1. The van der Waals surface area contributed by atoms with Crippen LogP contribution in [0, 0.1) is 0 Å². The predicted octanol–water partition coefficient (Wildman–Crippen LogP) is 2.78. The zero-order valence-electron chi connectivity index (χ0n) is 15.0. The van der Waals surface area contributed by atoms with Gasteiger partial charge in [0.25, 0.3) is 0 Å². The molecule has 1 aromatic heterocycles. The van der Waals surface area contributed by atoms with Crippen molar-refractivity contribution in [2.45, 2.75) is 44.7 Å². The molecule has 0 saturated carbocycles. The van der Waals surface area contributed by atoms with Crippen LogP contribution < -0.4 is 5.32 Å². The molecule has 2 aliphatic rings. The molecule has 0 amide bonds. The Morgan fingerprint density at radius 2 is 2.12 bits per heavy atom. The Kier molecular flexibility index (Phi) is 4.72. The van der Waals surface area contributed by atoms with Crippen molar-refractivity contribution in [2.75, 3.05) is 20.1 Å². The molecule has 0 bridgehead atoms. The van der Waals surface area contributed by atoms with Gasteiger partial charge >= 0.3 is 0 Å². The van der Waals surface area contributed by atoms with E-state index in [-0.39, 0.29) is 0 Å². The second kappa shape index (κ2) is 7.30. The van der Waals surface area contributed by atoms with E-state index in [4.69, 9.17) is 4.98 Å². The van der Waals surface area contributed by atoms with Gasteiger partial charge < -0.3 is 14.8 Å². The van der Waals surface area contributed by atoms with Crippen molar-refractivity contribution in [3.8, 4) is 0 Å². The van der Waals surface area contributed by atoms with E-state index in [1.165, 1.54) is 30.7 Å². The lowest BCUT2D eigenvalue weighted by atomic mass is 9.99. The number of guanidine groups is 1. The van der Waals surface area contributed by atoms with E-state index >= 15 is 0 Å². The quantitative estimate of drug-likeness (QED) is 0.692. The Morgan fingerprint density at radius 3 is 2.92 bits per heavy atom. The lowest BCUT2D eigenvalue weighted by Gasteiger charge is -2.21. The summed E-state index contributed by atoms with van der Waals surface area (Å²) in [7, 11) is 1.87. The summed E-state index contributed by atoms with van der Waals surface area (Å²) in [5.74, 6) is 2.83. The predicted molar refractivity (Wildman–Crippen MR) is 101 cm³/mol. The lowest BCUT2D eigenvalue weighted by molar-refractivity contribution is 0.485. The highest BCUT2D eigenvalue weighted by Crippen LogP contribution is 2.26. The zero-order valence-corrected chi connectivity index (χ0v) is 15.0. The summed E-state index contributed by atoms with van der Waals surface area (Å²) in [4.78, 5) is 11.6. The number of aliphatic imine (C=N–C) groups is 1. The number of rotatable bonds is 3. The summed E-state index contributed by atoms with van der Waals surface area (Å²) in [5, 5.41) is 3.51. The molecule has 5 nitrogen and oxygen atoms in total. The zero-order chi connectivity index (χ0) is 17.1. The van der Waals surface area contributed by atoms with Gasteiger partial charge in [-0.2, -0.15) is 0 Å². The second-order valence-corrected chi connectivity index (χ2v) is 7.04. The number of nitrogens with one attached hydrogen (secondary N) is 1. The largest absolute Gasteiger partial charge is 0.351 e. The Hall–Kier alpha value is -2.30. The van der Waals surface area contributed by atoms with Crippen LogP contribution in [0.25, 0.3) is 0 Å². The molecule has 0 aliphatic carbocycles. The molecule has 25 heavy (non-hydrogen) atoms. The Morgan fingerprint density at radius 1 is 1.24 bits per heavy atom. The van der Waals surface area contributed by atoms with Gasteiger partial charge in [-0.25, -0.2) is 4.98 Å². The fourth-order valence-corrected chi connectivity index (χ4v) is 4.01. The average Bonchev–Trinajstić information content (AvgIpc) is 3.30.